The summed E-state index contributed by atoms with van der Waals surface area (Å²) in [5, 5.41) is 12.1. The first-order chi connectivity index (χ1) is 16.9. The number of phenols is 1. The average molecular weight is 477 g/mol. The fourth-order valence-electron chi connectivity index (χ4n) is 5.63. The standard InChI is InChI=1S/C27H26F2N4O2/c1-3-18-21(28)6-5-16-9-17(34)10-19(22(16)18)24-23(29)25-20(11-30-24)26(32-15(2)31-25)33-8-4-7-27(12-33)13-35-14-27/h5-6,9-11,34H,3-4,7-8,12-14H2,1-2H3. The molecular weight excluding hydrogens is 450 g/mol. The molecule has 2 aliphatic heterocycles. The molecule has 2 aromatic carbocycles. The number of aromatic nitrogens is 3. The molecule has 0 unspecified atom stereocenters. The smallest absolute Gasteiger partial charge is 0.175 e. The third-order valence-corrected chi connectivity index (χ3v) is 7.31. The van der Waals surface area contributed by atoms with Gasteiger partial charge in [-0.3, -0.25) is 4.98 Å². The highest BCUT2D eigenvalue weighted by molar-refractivity contribution is 6.01. The van der Waals surface area contributed by atoms with Gasteiger partial charge in [0, 0.05) is 30.3 Å². The highest BCUT2D eigenvalue weighted by Crippen LogP contribution is 2.41. The summed E-state index contributed by atoms with van der Waals surface area (Å²) >= 11 is 0. The number of nitrogens with zero attached hydrogens (tertiary/aromatic N) is 4. The monoisotopic (exact) mass is 476 g/mol. The summed E-state index contributed by atoms with van der Waals surface area (Å²) in [6.07, 6.45) is 4.15. The molecule has 0 radical (unpaired) electrons. The molecule has 6 rings (SSSR count). The first kappa shape index (κ1) is 22.1. The van der Waals surface area contributed by atoms with E-state index in [2.05, 4.69) is 19.9 Å². The molecule has 2 aliphatic rings. The van der Waals surface area contributed by atoms with Crippen molar-refractivity contribution < 1.29 is 18.6 Å². The van der Waals surface area contributed by atoms with E-state index in [9.17, 15) is 9.50 Å². The number of hydrogen-bond acceptors (Lipinski definition) is 6. The Balaban J connectivity index is 1.55. The van der Waals surface area contributed by atoms with Gasteiger partial charge in [-0.1, -0.05) is 13.0 Å². The molecule has 0 saturated carbocycles. The average Bonchev–Trinajstić information content (AvgIpc) is 2.83. The van der Waals surface area contributed by atoms with Gasteiger partial charge in [-0.25, -0.2) is 18.7 Å². The van der Waals surface area contributed by atoms with Crippen molar-refractivity contribution in [3.63, 3.8) is 0 Å². The first-order valence-electron chi connectivity index (χ1n) is 12.0. The number of aryl methyl sites for hydroxylation is 2. The van der Waals surface area contributed by atoms with Crippen LogP contribution >= 0.6 is 0 Å². The van der Waals surface area contributed by atoms with E-state index in [4.69, 9.17) is 4.74 Å². The molecule has 35 heavy (non-hydrogen) atoms. The molecule has 4 aromatic rings. The Morgan fingerprint density at radius 1 is 1.17 bits per heavy atom. The lowest BCUT2D eigenvalue weighted by Crippen LogP contribution is -2.54. The lowest BCUT2D eigenvalue weighted by atomic mass is 9.78. The normalized spacial score (nSPS) is 17.3. The molecule has 2 fully saturated rings. The van der Waals surface area contributed by atoms with Gasteiger partial charge in [0.2, 0.25) is 0 Å². The summed E-state index contributed by atoms with van der Waals surface area (Å²) in [4.78, 5) is 15.8. The van der Waals surface area contributed by atoms with Gasteiger partial charge in [0.15, 0.2) is 5.82 Å². The Bertz CT molecular complexity index is 1490. The van der Waals surface area contributed by atoms with Crippen LogP contribution in [0.1, 0.15) is 31.2 Å². The molecule has 0 atom stereocenters. The number of anilines is 1. The number of ether oxygens (including phenoxy) is 1. The van der Waals surface area contributed by atoms with Crippen LogP contribution in [-0.4, -0.2) is 46.4 Å². The van der Waals surface area contributed by atoms with Gasteiger partial charge >= 0.3 is 0 Å². The Morgan fingerprint density at radius 3 is 2.74 bits per heavy atom. The molecule has 0 aliphatic carbocycles. The molecule has 0 bridgehead atoms. The molecule has 2 aromatic heterocycles. The van der Waals surface area contributed by atoms with Crippen LogP contribution in [0.15, 0.2) is 30.5 Å². The van der Waals surface area contributed by atoms with E-state index >= 15 is 4.39 Å². The quantitative estimate of drug-likeness (QED) is 0.432. The van der Waals surface area contributed by atoms with Crippen molar-refractivity contribution in [3.05, 3.63) is 53.5 Å². The summed E-state index contributed by atoms with van der Waals surface area (Å²) in [6.45, 7) is 6.71. The van der Waals surface area contributed by atoms with Crippen molar-refractivity contribution >= 4 is 27.5 Å². The lowest BCUT2D eigenvalue weighted by Gasteiger charge is -2.48. The zero-order chi connectivity index (χ0) is 24.3. The van der Waals surface area contributed by atoms with Crippen LogP contribution in [0.25, 0.3) is 32.9 Å². The Morgan fingerprint density at radius 2 is 2.00 bits per heavy atom. The van der Waals surface area contributed by atoms with Gasteiger partial charge in [-0.15, -0.1) is 0 Å². The number of rotatable bonds is 3. The van der Waals surface area contributed by atoms with Gasteiger partial charge in [-0.05, 0) is 60.7 Å². The maximum absolute atomic E-state index is 16.1. The maximum Gasteiger partial charge on any atom is 0.175 e. The van der Waals surface area contributed by atoms with Crippen LogP contribution in [0, 0.1) is 24.0 Å². The molecular formula is C27H26F2N4O2. The van der Waals surface area contributed by atoms with E-state index in [1.165, 1.54) is 12.1 Å². The number of aromatic hydroxyl groups is 1. The van der Waals surface area contributed by atoms with Crippen LogP contribution in [-0.2, 0) is 11.2 Å². The number of halogens is 2. The zero-order valence-electron chi connectivity index (χ0n) is 19.7. The Kier molecular flexibility index (Phi) is 5.11. The summed E-state index contributed by atoms with van der Waals surface area (Å²) in [5.74, 6) is 0.133. The summed E-state index contributed by atoms with van der Waals surface area (Å²) < 4.78 is 36.3. The fourth-order valence-corrected chi connectivity index (χ4v) is 5.63. The molecule has 8 heteroatoms. The highest BCUT2D eigenvalue weighted by Gasteiger charge is 2.42. The van der Waals surface area contributed by atoms with Crippen LogP contribution in [0.2, 0.25) is 0 Å². The molecule has 1 spiro atoms. The second-order valence-electron chi connectivity index (χ2n) is 9.77. The summed E-state index contributed by atoms with van der Waals surface area (Å²) in [6, 6.07) is 5.96. The van der Waals surface area contributed by atoms with E-state index in [1.807, 2.05) is 6.92 Å². The highest BCUT2D eigenvalue weighted by atomic mass is 19.1. The zero-order valence-corrected chi connectivity index (χ0v) is 19.7. The summed E-state index contributed by atoms with van der Waals surface area (Å²) in [5.41, 5.74) is 1.14. The summed E-state index contributed by atoms with van der Waals surface area (Å²) in [7, 11) is 0. The van der Waals surface area contributed by atoms with Gasteiger partial charge in [0.25, 0.3) is 0 Å². The van der Waals surface area contributed by atoms with E-state index in [1.54, 1.807) is 25.3 Å². The second-order valence-corrected chi connectivity index (χ2v) is 9.77. The molecule has 6 nitrogen and oxygen atoms in total. The fraction of sp³-hybridized carbons (Fsp3) is 0.370. The molecule has 2 saturated heterocycles. The number of benzene rings is 2. The number of phenolic OH excluding ortho intramolecular Hbond substituents is 1. The Labute approximate surface area is 201 Å². The topological polar surface area (TPSA) is 71.4 Å². The van der Waals surface area contributed by atoms with Crippen LogP contribution in [0.4, 0.5) is 14.6 Å². The second kappa shape index (κ2) is 8.09. The lowest BCUT2D eigenvalue weighted by molar-refractivity contribution is -0.117. The van der Waals surface area contributed by atoms with Crippen LogP contribution in [0.5, 0.6) is 5.75 Å². The minimum Gasteiger partial charge on any atom is -0.508 e. The van der Waals surface area contributed by atoms with Crippen molar-refractivity contribution in [3.8, 4) is 17.0 Å². The van der Waals surface area contributed by atoms with Crippen molar-refractivity contribution in [2.75, 3.05) is 31.2 Å². The van der Waals surface area contributed by atoms with E-state index < -0.39 is 5.82 Å². The van der Waals surface area contributed by atoms with Gasteiger partial charge < -0.3 is 14.7 Å². The largest absolute Gasteiger partial charge is 0.508 e. The van der Waals surface area contributed by atoms with Crippen LogP contribution < -0.4 is 4.90 Å². The minimum absolute atomic E-state index is 0.0326. The predicted molar refractivity (Wildman–Crippen MR) is 131 cm³/mol. The maximum atomic E-state index is 16.1. The van der Waals surface area contributed by atoms with Crippen molar-refractivity contribution in [2.45, 2.75) is 33.1 Å². The molecule has 1 N–H and O–H groups in total. The van der Waals surface area contributed by atoms with E-state index in [0.29, 0.717) is 45.3 Å². The number of pyridine rings is 1. The van der Waals surface area contributed by atoms with E-state index in [-0.39, 0.29) is 28.2 Å². The Hall–Kier alpha value is -3.39. The number of piperidine rings is 1. The first-order valence-corrected chi connectivity index (χ1v) is 12.0. The number of fused-ring (bicyclic) bond motifs is 2. The predicted octanol–water partition coefficient (Wildman–Crippen LogP) is 5.32. The SMILES string of the molecule is CCc1c(F)ccc2cc(O)cc(-c3ncc4c(N5CCCC6(COC6)C5)nc(C)nc4c3F)c12. The van der Waals surface area contributed by atoms with E-state index in [0.717, 1.165) is 39.1 Å². The minimum atomic E-state index is -0.605. The molecule has 0 amide bonds. The van der Waals surface area contributed by atoms with Crippen molar-refractivity contribution in [2.24, 2.45) is 5.41 Å². The van der Waals surface area contributed by atoms with Gasteiger partial charge in [0.1, 0.15) is 34.4 Å². The van der Waals surface area contributed by atoms with Crippen molar-refractivity contribution in [1.82, 2.24) is 15.0 Å². The van der Waals surface area contributed by atoms with Gasteiger partial charge in [-0.2, -0.15) is 0 Å². The number of hydrogen-bond donors (Lipinski definition) is 1. The molecule has 4 heterocycles. The molecule has 180 valence electrons. The third kappa shape index (κ3) is 3.50. The third-order valence-electron chi connectivity index (χ3n) is 7.31. The van der Waals surface area contributed by atoms with Gasteiger partial charge in [0.05, 0.1) is 18.6 Å². The van der Waals surface area contributed by atoms with Crippen molar-refractivity contribution in [1.29, 1.82) is 0 Å². The van der Waals surface area contributed by atoms with Crippen LogP contribution in [0.3, 0.4) is 0 Å².